The highest BCUT2D eigenvalue weighted by Gasteiger charge is 2.23. The number of carbonyl (C=O) groups excluding carboxylic acids is 1. The maximum atomic E-state index is 13.0. The second-order valence-electron chi connectivity index (χ2n) is 8.12. The quantitative estimate of drug-likeness (QED) is 0.442. The second kappa shape index (κ2) is 9.49. The number of amides is 1. The van der Waals surface area contributed by atoms with Gasteiger partial charge in [-0.25, -0.2) is 8.42 Å². The molecule has 10 heteroatoms. The van der Waals surface area contributed by atoms with Crippen LogP contribution < -0.4 is 4.72 Å². The smallest absolute Gasteiger partial charge is 0.264 e. The van der Waals surface area contributed by atoms with Crippen LogP contribution in [0.5, 0.6) is 0 Å². The number of anilines is 1. The Kier molecular flexibility index (Phi) is 6.27. The predicted octanol–water partition coefficient (Wildman–Crippen LogP) is 3.45. The summed E-state index contributed by atoms with van der Waals surface area (Å²) in [5, 5.41) is 0. The van der Waals surface area contributed by atoms with E-state index in [9.17, 15) is 13.2 Å². The molecule has 34 heavy (non-hydrogen) atoms. The van der Waals surface area contributed by atoms with Crippen molar-refractivity contribution in [3.63, 3.8) is 0 Å². The molecule has 0 atom stereocenters. The number of aromatic nitrogens is 2. The first kappa shape index (κ1) is 22.5. The third-order valence-corrected chi connectivity index (χ3v) is 7.79. The van der Waals surface area contributed by atoms with Gasteiger partial charge in [-0.15, -0.1) is 0 Å². The molecule has 0 radical (unpaired) electrons. The molecule has 0 bridgehead atoms. The van der Waals surface area contributed by atoms with E-state index in [-0.39, 0.29) is 10.8 Å². The Labute approximate surface area is 202 Å². The molecule has 1 saturated heterocycles. The van der Waals surface area contributed by atoms with Gasteiger partial charge in [0, 0.05) is 44.0 Å². The van der Waals surface area contributed by atoms with Crippen molar-refractivity contribution < 1.29 is 13.2 Å². The van der Waals surface area contributed by atoms with Crippen LogP contribution in [0.25, 0.3) is 11.0 Å². The standard InChI is InChI=1S/C24H23N5O3S2/c30-24(29-15-13-28(14-16-29)17-18-5-2-1-3-6-18)19-9-11-20(12-10-19)27-34(31,32)22-8-4-7-21-23(22)26-33-25-21/h1-12,27H,13-17H2. The first-order chi connectivity index (χ1) is 16.5. The van der Waals surface area contributed by atoms with E-state index >= 15 is 0 Å². The fraction of sp³-hybridized carbons (Fsp3) is 0.208. The van der Waals surface area contributed by atoms with Gasteiger partial charge in [-0.1, -0.05) is 36.4 Å². The average Bonchev–Trinajstić information content (AvgIpc) is 3.34. The molecule has 1 aliphatic heterocycles. The third-order valence-electron chi connectivity index (χ3n) is 5.83. The van der Waals surface area contributed by atoms with Crippen molar-refractivity contribution in [3.05, 3.63) is 83.9 Å². The Morgan fingerprint density at radius 3 is 2.35 bits per heavy atom. The van der Waals surface area contributed by atoms with Gasteiger partial charge in [0.05, 0.1) is 11.7 Å². The number of fused-ring (bicyclic) bond motifs is 1. The van der Waals surface area contributed by atoms with Gasteiger partial charge < -0.3 is 4.90 Å². The summed E-state index contributed by atoms with van der Waals surface area (Å²) in [7, 11) is -3.84. The summed E-state index contributed by atoms with van der Waals surface area (Å²) >= 11 is 0.971. The molecule has 3 aromatic carbocycles. The lowest BCUT2D eigenvalue weighted by Gasteiger charge is -2.34. The Morgan fingerprint density at radius 1 is 0.882 bits per heavy atom. The van der Waals surface area contributed by atoms with E-state index in [4.69, 9.17) is 0 Å². The van der Waals surface area contributed by atoms with Gasteiger partial charge in [-0.05, 0) is 42.0 Å². The lowest BCUT2D eigenvalue weighted by Crippen LogP contribution is -2.48. The zero-order valence-electron chi connectivity index (χ0n) is 18.3. The maximum Gasteiger partial charge on any atom is 0.264 e. The molecule has 0 aliphatic carbocycles. The van der Waals surface area contributed by atoms with E-state index in [1.54, 1.807) is 36.4 Å². The van der Waals surface area contributed by atoms with Gasteiger partial charge in [0.2, 0.25) is 0 Å². The number of piperazine rings is 1. The molecular weight excluding hydrogens is 470 g/mol. The van der Waals surface area contributed by atoms with Gasteiger partial charge >= 0.3 is 0 Å². The van der Waals surface area contributed by atoms with E-state index in [0.717, 1.165) is 31.4 Å². The first-order valence-corrected chi connectivity index (χ1v) is 13.1. The summed E-state index contributed by atoms with van der Waals surface area (Å²) in [6, 6.07) is 21.7. The molecule has 2 heterocycles. The van der Waals surface area contributed by atoms with E-state index in [0.29, 0.717) is 35.4 Å². The summed E-state index contributed by atoms with van der Waals surface area (Å²) in [6.45, 7) is 3.82. The third kappa shape index (κ3) is 4.79. The van der Waals surface area contributed by atoms with Crippen LogP contribution in [0.2, 0.25) is 0 Å². The normalized spacial score (nSPS) is 14.9. The summed E-state index contributed by atoms with van der Waals surface area (Å²) in [4.78, 5) is 17.2. The van der Waals surface area contributed by atoms with Crippen molar-refractivity contribution >= 4 is 44.4 Å². The average molecular weight is 494 g/mol. The highest BCUT2D eigenvalue weighted by atomic mass is 32.2. The molecule has 0 spiro atoms. The van der Waals surface area contributed by atoms with Gasteiger partial charge in [-0.2, -0.15) is 8.75 Å². The Balaban J connectivity index is 1.21. The van der Waals surface area contributed by atoms with Crippen LogP contribution in [-0.4, -0.2) is 59.1 Å². The fourth-order valence-corrected chi connectivity index (χ4v) is 5.85. The predicted molar refractivity (Wildman–Crippen MR) is 132 cm³/mol. The minimum atomic E-state index is -3.84. The highest BCUT2D eigenvalue weighted by molar-refractivity contribution is 7.93. The number of sulfonamides is 1. The van der Waals surface area contributed by atoms with Crippen molar-refractivity contribution in [2.45, 2.75) is 11.4 Å². The van der Waals surface area contributed by atoms with Crippen LogP contribution in [0, 0.1) is 0 Å². The largest absolute Gasteiger partial charge is 0.336 e. The minimum Gasteiger partial charge on any atom is -0.336 e. The molecule has 1 N–H and O–H groups in total. The SMILES string of the molecule is O=C(c1ccc(NS(=O)(=O)c2cccc3nsnc23)cc1)N1CCN(Cc2ccccc2)CC1. The number of hydrogen-bond acceptors (Lipinski definition) is 7. The van der Waals surface area contributed by atoms with Gasteiger partial charge in [-0.3, -0.25) is 14.4 Å². The number of carbonyl (C=O) groups is 1. The molecule has 174 valence electrons. The van der Waals surface area contributed by atoms with Crippen LogP contribution in [0.4, 0.5) is 5.69 Å². The van der Waals surface area contributed by atoms with Crippen molar-refractivity contribution in [3.8, 4) is 0 Å². The van der Waals surface area contributed by atoms with Gasteiger partial charge in [0.1, 0.15) is 15.9 Å². The van der Waals surface area contributed by atoms with E-state index in [1.807, 2.05) is 23.1 Å². The zero-order chi connectivity index (χ0) is 23.5. The molecule has 1 aliphatic rings. The van der Waals surface area contributed by atoms with Crippen LogP contribution >= 0.6 is 11.7 Å². The molecule has 0 saturated carbocycles. The zero-order valence-corrected chi connectivity index (χ0v) is 19.9. The van der Waals surface area contributed by atoms with Gasteiger partial charge in [0.15, 0.2) is 0 Å². The lowest BCUT2D eigenvalue weighted by atomic mass is 10.1. The molecule has 1 aromatic heterocycles. The lowest BCUT2D eigenvalue weighted by molar-refractivity contribution is 0.0628. The summed E-state index contributed by atoms with van der Waals surface area (Å²) < 4.78 is 36.5. The monoisotopic (exact) mass is 493 g/mol. The van der Waals surface area contributed by atoms with Crippen molar-refractivity contribution in [1.29, 1.82) is 0 Å². The van der Waals surface area contributed by atoms with Gasteiger partial charge in [0.25, 0.3) is 15.9 Å². The van der Waals surface area contributed by atoms with Crippen molar-refractivity contribution in [2.24, 2.45) is 0 Å². The number of benzene rings is 3. The number of nitrogens with zero attached hydrogens (tertiary/aromatic N) is 4. The molecular formula is C24H23N5O3S2. The second-order valence-corrected chi connectivity index (χ2v) is 10.3. The molecule has 8 nitrogen and oxygen atoms in total. The van der Waals surface area contributed by atoms with E-state index < -0.39 is 10.0 Å². The van der Waals surface area contributed by atoms with Crippen molar-refractivity contribution in [1.82, 2.24) is 18.5 Å². The van der Waals surface area contributed by atoms with Crippen molar-refractivity contribution in [2.75, 3.05) is 30.9 Å². The minimum absolute atomic E-state index is 0.0490. The molecule has 4 aromatic rings. The molecule has 1 fully saturated rings. The Morgan fingerprint density at radius 2 is 1.62 bits per heavy atom. The van der Waals surface area contributed by atoms with Crippen LogP contribution in [-0.2, 0) is 16.6 Å². The molecule has 0 unspecified atom stereocenters. The maximum absolute atomic E-state index is 13.0. The Hall–Kier alpha value is -3.34. The highest BCUT2D eigenvalue weighted by Crippen LogP contribution is 2.24. The number of hydrogen-bond donors (Lipinski definition) is 1. The molecule has 1 amide bonds. The van der Waals surface area contributed by atoms with Crippen LogP contribution in [0.15, 0.2) is 77.7 Å². The fourth-order valence-electron chi connectivity index (χ4n) is 4.02. The van der Waals surface area contributed by atoms with E-state index in [1.165, 1.54) is 11.6 Å². The van der Waals surface area contributed by atoms with Crippen LogP contribution in [0.1, 0.15) is 15.9 Å². The topological polar surface area (TPSA) is 95.5 Å². The Bertz CT molecular complexity index is 1400. The van der Waals surface area contributed by atoms with Crippen LogP contribution in [0.3, 0.4) is 0 Å². The summed E-state index contributed by atoms with van der Waals surface area (Å²) in [5.41, 5.74) is 3.06. The molecule has 5 rings (SSSR count). The summed E-state index contributed by atoms with van der Waals surface area (Å²) in [5.74, 6) is -0.0490. The summed E-state index contributed by atoms with van der Waals surface area (Å²) in [6.07, 6.45) is 0. The van der Waals surface area contributed by atoms with E-state index in [2.05, 4.69) is 30.5 Å². The number of rotatable bonds is 6. The first-order valence-electron chi connectivity index (χ1n) is 10.9. The number of nitrogens with one attached hydrogen (secondary N) is 1.